The molecule has 134 valence electrons. The lowest BCUT2D eigenvalue weighted by molar-refractivity contribution is 0.309. The molecule has 4 rings (SSSR count). The Kier molecular flexibility index (Phi) is 4.67. The van der Waals surface area contributed by atoms with Crippen molar-refractivity contribution in [1.82, 2.24) is 15.0 Å². The highest BCUT2D eigenvalue weighted by Crippen LogP contribution is 2.29. The first-order valence-electron chi connectivity index (χ1n) is 8.66. The summed E-state index contributed by atoms with van der Waals surface area (Å²) in [5.74, 6) is 2.03. The molecule has 2 aromatic carbocycles. The summed E-state index contributed by atoms with van der Waals surface area (Å²) >= 11 is 0. The molecule has 1 saturated heterocycles. The maximum atomic E-state index is 13.0. The molecule has 6 heteroatoms. The molecule has 5 nitrogen and oxygen atoms in total. The highest BCUT2D eigenvalue weighted by Gasteiger charge is 2.28. The van der Waals surface area contributed by atoms with Gasteiger partial charge in [-0.05, 0) is 42.8 Å². The molecule has 1 aromatic heterocycles. The van der Waals surface area contributed by atoms with E-state index in [4.69, 9.17) is 9.26 Å². The predicted octanol–water partition coefficient (Wildman–Crippen LogP) is 3.87. The fraction of sp³-hybridized carbons (Fsp3) is 0.300. The van der Waals surface area contributed by atoms with Crippen molar-refractivity contribution in [2.75, 3.05) is 20.2 Å². The van der Waals surface area contributed by atoms with E-state index in [2.05, 4.69) is 15.0 Å². The fourth-order valence-corrected chi connectivity index (χ4v) is 3.31. The molecule has 2 heterocycles. The molecule has 0 N–H and O–H groups in total. The second-order valence-electron chi connectivity index (χ2n) is 6.54. The van der Waals surface area contributed by atoms with Crippen LogP contribution in [0, 0.1) is 5.82 Å². The van der Waals surface area contributed by atoms with Gasteiger partial charge >= 0.3 is 0 Å². The molecule has 1 aliphatic rings. The maximum Gasteiger partial charge on any atom is 0.231 e. The highest BCUT2D eigenvalue weighted by atomic mass is 19.1. The Labute approximate surface area is 151 Å². The van der Waals surface area contributed by atoms with E-state index in [0.717, 1.165) is 42.9 Å². The summed E-state index contributed by atoms with van der Waals surface area (Å²) in [6.07, 6.45) is 0.973. The first-order chi connectivity index (χ1) is 12.7. The van der Waals surface area contributed by atoms with E-state index < -0.39 is 0 Å². The molecule has 1 fully saturated rings. The molecule has 0 unspecified atom stereocenters. The van der Waals surface area contributed by atoms with Crippen molar-refractivity contribution in [3.8, 4) is 17.1 Å². The zero-order valence-corrected chi connectivity index (χ0v) is 14.6. The van der Waals surface area contributed by atoms with E-state index in [0.29, 0.717) is 11.7 Å². The van der Waals surface area contributed by atoms with Crippen molar-refractivity contribution in [3.05, 3.63) is 65.8 Å². The van der Waals surface area contributed by atoms with Crippen LogP contribution < -0.4 is 4.74 Å². The molecule has 0 saturated carbocycles. The monoisotopic (exact) mass is 353 g/mol. The molecule has 0 spiro atoms. The first kappa shape index (κ1) is 16.7. The van der Waals surface area contributed by atoms with Crippen LogP contribution in [0.3, 0.4) is 0 Å². The Bertz CT molecular complexity index is 879. The van der Waals surface area contributed by atoms with Gasteiger partial charge in [-0.1, -0.05) is 29.4 Å². The van der Waals surface area contributed by atoms with Crippen LogP contribution in [0.15, 0.2) is 53.1 Å². The summed E-state index contributed by atoms with van der Waals surface area (Å²) in [6.45, 7) is 2.61. The standard InChI is InChI=1S/C20H20FN3O2/c1-25-18-4-2-3-15(11-18)19-22-20(26-23-19)16-9-10-24(13-16)12-14-5-7-17(21)8-6-14/h2-8,11,16H,9-10,12-13H2,1H3/t16-/m0/s1. The van der Waals surface area contributed by atoms with Crippen LogP contribution >= 0.6 is 0 Å². The fourth-order valence-electron chi connectivity index (χ4n) is 3.31. The zero-order valence-electron chi connectivity index (χ0n) is 14.6. The van der Waals surface area contributed by atoms with Crippen molar-refractivity contribution in [3.63, 3.8) is 0 Å². The lowest BCUT2D eigenvalue weighted by Gasteiger charge is -2.15. The van der Waals surface area contributed by atoms with Crippen LogP contribution in [0.2, 0.25) is 0 Å². The minimum Gasteiger partial charge on any atom is -0.497 e. The summed E-state index contributed by atoms with van der Waals surface area (Å²) in [6, 6.07) is 14.3. The van der Waals surface area contributed by atoms with Crippen LogP contribution in [0.4, 0.5) is 4.39 Å². The summed E-state index contributed by atoms with van der Waals surface area (Å²) < 4.78 is 23.8. The van der Waals surface area contributed by atoms with Crippen LogP contribution in [0.25, 0.3) is 11.4 Å². The third-order valence-corrected chi connectivity index (χ3v) is 4.71. The number of methoxy groups -OCH3 is 1. The Hall–Kier alpha value is -2.73. The number of halogens is 1. The Morgan fingerprint density at radius 1 is 1.23 bits per heavy atom. The average molecular weight is 353 g/mol. The van der Waals surface area contributed by atoms with E-state index in [1.165, 1.54) is 12.1 Å². The lowest BCUT2D eigenvalue weighted by atomic mass is 10.1. The van der Waals surface area contributed by atoms with E-state index in [-0.39, 0.29) is 11.7 Å². The van der Waals surface area contributed by atoms with Gasteiger partial charge in [0.15, 0.2) is 0 Å². The number of benzene rings is 2. The number of ether oxygens (including phenoxy) is 1. The predicted molar refractivity (Wildman–Crippen MR) is 95.3 cm³/mol. The van der Waals surface area contributed by atoms with Gasteiger partial charge in [-0.15, -0.1) is 0 Å². The number of aromatic nitrogens is 2. The SMILES string of the molecule is COc1cccc(-c2noc([C@H]3CCN(Cc4ccc(F)cc4)C3)n2)c1. The van der Waals surface area contributed by atoms with Gasteiger partial charge in [-0.2, -0.15) is 4.98 Å². The topological polar surface area (TPSA) is 51.4 Å². The van der Waals surface area contributed by atoms with Crippen LogP contribution in [-0.2, 0) is 6.54 Å². The molecule has 0 radical (unpaired) electrons. The number of nitrogens with zero attached hydrogens (tertiary/aromatic N) is 3. The molecule has 26 heavy (non-hydrogen) atoms. The van der Waals surface area contributed by atoms with Crippen molar-refractivity contribution in [2.24, 2.45) is 0 Å². The van der Waals surface area contributed by atoms with Gasteiger partial charge in [0.25, 0.3) is 0 Å². The Morgan fingerprint density at radius 2 is 2.08 bits per heavy atom. The van der Waals surface area contributed by atoms with Crippen LogP contribution in [-0.4, -0.2) is 35.2 Å². The molecular weight excluding hydrogens is 333 g/mol. The third kappa shape index (κ3) is 3.60. The van der Waals surface area contributed by atoms with Crippen molar-refractivity contribution in [2.45, 2.75) is 18.9 Å². The number of hydrogen-bond donors (Lipinski definition) is 0. The van der Waals surface area contributed by atoms with E-state index >= 15 is 0 Å². The Balaban J connectivity index is 1.42. The third-order valence-electron chi connectivity index (χ3n) is 4.71. The second kappa shape index (κ2) is 7.25. The van der Waals surface area contributed by atoms with Gasteiger partial charge in [-0.25, -0.2) is 4.39 Å². The maximum absolute atomic E-state index is 13.0. The Morgan fingerprint density at radius 3 is 2.88 bits per heavy atom. The molecule has 0 amide bonds. The molecule has 1 atom stereocenters. The van der Waals surface area contributed by atoms with Gasteiger partial charge in [0.1, 0.15) is 11.6 Å². The molecular formula is C20H20FN3O2. The summed E-state index contributed by atoms with van der Waals surface area (Å²) in [5.41, 5.74) is 1.98. The van der Waals surface area contributed by atoms with Crippen molar-refractivity contribution in [1.29, 1.82) is 0 Å². The van der Waals surface area contributed by atoms with E-state index in [1.807, 2.05) is 36.4 Å². The number of likely N-dealkylation sites (tertiary alicyclic amines) is 1. The molecule has 3 aromatic rings. The minimum atomic E-state index is -0.205. The number of hydrogen-bond acceptors (Lipinski definition) is 5. The normalized spacial score (nSPS) is 17.5. The molecule has 1 aliphatic heterocycles. The number of rotatable bonds is 5. The molecule has 0 aliphatic carbocycles. The summed E-state index contributed by atoms with van der Waals surface area (Å²) in [7, 11) is 1.63. The summed E-state index contributed by atoms with van der Waals surface area (Å²) in [5, 5.41) is 4.12. The van der Waals surface area contributed by atoms with Gasteiger partial charge in [-0.3, -0.25) is 4.90 Å². The quantitative estimate of drug-likeness (QED) is 0.697. The molecule has 0 bridgehead atoms. The van der Waals surface area contributed by atoms with Crippen LogP contribution in [0.1, 0.15) is 23.8 Å². The van der Waals surface area contributed by atoms with E-state index in [1.54, 1.807) is 7.11 Å². The first-order valence-corrected chi connectivity index (χ1v) is 8.66. The summed E-state index contributed by atoms with van der Waals surface area (Å²) in [4.78, 5) is 6.91. The van der Waals surface area contributed by atoms with Crippen molar-refractivity contribution < 1.29 is 13.7 Å². The van der Waals surface area contributed by atoms with Gasteiger partial charge in [0, 0.05) is 18.7 Å². The lowest BCUT2D eigenvalue weighted by Crippen LogP contribution is -2.19. The highest BCUT2D eigenvalue weighted by molar-refractivity contribution is 5.56. The van der Waals surface area contributed by atoms with Crippen LogP contribution in [0.5, 0.6) is 5.75 Å². The van der Waals surface area contributed by atoms with Gasteiger partial charge in [0.2, 0.25) is 11.7 Å². The van der Waals surface area contributed by atoms with Crippen molar-refractivity contribution >= 4 is 0 Å². The smallest absolute Gasteiger partial charge is 0.231 e. The van der Waals surface area contributed by atoms with Gasteiger partial charge in [0.05, 0.1) is 13.0 Å². The minimum absolute atomic E-state index is 0.205. The van der Waals surface area contributed by atoms with E-state index in [9.17, 15) is 4.39 Å². The largest absolute Gasteiger partial charge is 0.497 e. The second-order valence-corrected chi connectivity index (χ2v) is 6.54. The average Bonchev–Trinajstić information content (AvgIpc) is 3.33. The van der Waals surface area contributed by atoms with Gasteiger partial charge < -0.3 is 9.26 Å². The zero-order chi connectivity index (χ0) is 17.9.